The molecule has 0 unspecified atom stereocenters. The summed E-state index contributed by atoms with van der Waals surface area (Å²) in [6.45, 7) is 3.52. The van der Waals surface area contributed by atoms with Crippen molar-refractivity contribution >= 4 is 24.0 Å². The molecule has 0 heterocycles. The zero-order valence-corrected chi connectivity index (χ0v) is 8.90. The van der Waals surface area contributed by atoms with Gasteiger partial charge in [-0.3, -0.25) is 0 Å². The fraction of sp³-hybridized carbons (Fsp3) is 0.333. The molecule has 0 bridgehead atoms. The summed E-state index contributed by atoms with van der Waals surface area (Å²) in [5.41, 5.74) is 0.979. The molecule has 0 saturated carbocycles. The van der Waals surface area contributed by atoms with Crippen molar-refractivity contribution in [3.63, 3.8) is 0 Å². The molecule has 0 aliphatic heterocycles. The van der Waals surface area contributed by atoms with Crippen molar-refractivity contribution < 1.29 is 4.57 Å². The average molecular weight is 203 g/mol. The number of rotatable bonds is 2. The SMILES string of the molecule is CP(C)(=O)c1ccccc1CCl. The Morgan fingerprint density at radius 2 is 1.92 bits per heavy atom. The molecule has 0 amide bonds. The Labute approximate surface area is 78.1 Å². The van der Waals surface area contributed by atoms with Gasteiger partial charge < -0.3 is 4.57 Å². The number of alkyl halides is 1. The van der Waals surface area contributed by atoms with Crippen LogP contribution in [0.25, 0.3) is 0 Å². The number of hydrogen-bond donors (Lipinski definition) is 0. The maximum absolute atomic E-state index is 11.7. The van der Waals surface area contributed by atoms with Gasteiger partial charge in [0.1, 0.15) is 7.14 Å². The van der Waals surface area contributed by atoms with Crippen LogP contribution in [-0.2, 0) is 10.4 Å². The lowest BCUT2D eigenvalue weighted by molar-refractivity contribution is 0.588. The van der Waals surface area contributed by atoms with Crippen LogP contribution in [0.5, 0.6) is 0 Å². The van der Waals surface area contributed by atoms with Gasteiger partial charge >= 0.3 is 0 Å². The van der Waals surface area contributed by atoms with E-state index in [9.17, 15) is 4.57 Å². The van der Waals surface area contributed by atoms with Gasteiger partial charge in [-0.1, -0.05) is 24.3 Å². The van der Waals surface area contributed by atoms with Crippen molar-refractivity contribution in [2.45, 2.75) is 5.88 Å². The van der Waals surface area contributed by atoms with Crippen molar-refractivity contribution in [1.29, 1.82) is 0 Å². The molecule has 1 nitrogen and oxygen atoms in total. The topological polar surface area (TPSA) is 17.1 Å². The van der Waals surface area contributed by atoms with E-state index in [2.05, 4.69) is 0 Å². The molecule has 0 N–H and O–H groups in total. The third-order valence-electron chi connectivity index (χ3n) is 1.72. The Kier molecular flexibility index (Phi) is 2.98. The van der Waals surface area contributed by atoms with Crippen molar-refractivity contribution in [1.82, 2.24) is 0 Å². The third kappa shape index (κ3) is 2.12. The summed E-state index contributed by atoms with van der Waals surface area (Å²) in [7, 11) is -2.16. The highest BCUT2D eigenvalue weighted by molar-refractivity contribution is 7.70. The normalized spacial score (nSPS) is 11.6. The van der Waals surface area contributed by atoms with E-state index in [0.717, 1.165) is 10.9 Å². The summed E-state index contributed by atoms with van der Waals surface area (Å²) >= 11 is 5.72. The van der Waals surface area contributed by atoms with Gasteiger partial charge in [0, 0.05) is 11.2 Å². The zero-order chi connectivity index (χ0) is 9.19. The first-order valence-electron chi connectivity index (χ1n) is 3.75. The molecular weight excluding hydrogens is 191 g/mol. The summed E-state index contributed by atoms with van der Waals surface area (Å²) in [6, 6.07) is 7.61. The summed E-state index contributed by atoms with van der Waals surface area (Å²) < 4.78 is 11.7. The maximum atomic E-state index is 11.7. The summed E-state index contributed by atoms with van der Waals surface area (Å²) in [5.74, 6) is 0.432. The molecule has 0 saturated heterocycles. The van der Waals surface area contributed by atoms with E-state index in [-0.39, 0.29) is 0 Å². The van der Waals surface area contributed by atoms with Gasteiger partial charge in [0.2, 0.25) is 0 Å². The van der Waals surface area contributed by atoms with E-state index >= 15 is 0 Å². The fourth-order valence-electron chi connectivity index (χ4n) is 1.15. The number of halogens is 1. The van der Waals surface area contributed by atoms with Crippen molar-refractivity contribution in [2.75, 3.05) is 13.3 Å². The van der Waals surface area contributed by atoms with Crippen LogP contribution in [0.4, 0.5) is 0 Å². The van der Waals surface area contributed by atoms with Crippen molar-refractivity contribution in [3.8, 4) is 0 Å². The Balaban J connectivity index is 3.23. The highest BCUT2D eigenvalue weighted by atomic mass is 35.5. The Bertz CT molecular complexity index is 316. The molecule has 0 aromatic heterocycles. The van der Waals surface area contributed by atoms with E-state index in [1.54, 1.807) is 13.3 Å². The highest BCUT2D eigenvalue weighted by Gasteiger charge is 2.13. The van der Waals surface area contributed by atoms with E-state index in [1.165, 1.54) is 0 Å². The van der Waals surface area contributed by atoms with Crippen LogP contribution in [0, 0.1) is 0 Å². The van der Waals surface area contributed by atoms with Crippen molar-refractivity contribution in [3.05, 3.63) is 29.8 Å². The predicted octanol–water partition coefficient (Wildman–Crippen LogP) is 2.67. The molecule has 1 aromatic carbocycles. The van der Waals surface area contributed by atoms with Gasteiger partial charge in [-0.2, -0.15) is 0 Å². The van der Waals surface area contributed by atoms with E-state index in [0.29, 0.717) is 5.88 Å². The summed E-state index contributed by atoms with van der Waals surface area (Å²) in [5, 5.41) is 0.903. The van der Waals surface area contributed by atoms with Gasteiger partial charge in [-0.25, -0.2) is 0 Å². The van der Waals surface area contributed by atoms with E-state index in [1.807, 2.05) is 24.3 Å². The van der Waals surface area contributed by atoms with Crippen molar-refractivity contribution in [2.24, 2.45) is 0 Å². The van der Waals surface area contributed by atoms with Crippen LogP contribution in [0.1, 0.15) is 5.56 Å². The minimum atomic E-state index is -2.16. The van der Waals surface area contributed by atoms with Gasteiger partial charge in [0.15, 0.2) is 0 Å². The highest BCUT2D eigenvalue weighted by Crippen LogP contribution is 2.36. The maximum Gasteiger partial charge on any atom is 0.110 e. The van der Waals surface area contributed by atoms with Gasteiger partial charge in [-0.05, 0) is 18.9 Å². The molecule has 3 heteroatoms. The smallest absolute Gasteiger partial charge is 0.110 e. The second kappa shape index (κ2) is 3.64. The quantitative estimate of drug-likeness (QED) is 0.532. The van der Waals surface area contributed by atoms with Crippen LogP contribution in [-0.4, -0.2) is 13.3 Å². The molecule has 1 rings (SSSR count). The Morgan fingerprint density at radius 3 is 2.33 bits per heavy atom. The Hall–Kier alpha value is -0.260. The predicted molar refractivity (Wildman–Crippen MR) is 55.1 cm³/mol. The molecule has 0 atom stereocenters. The number of benzene rings is 1. The fourth-order valence-corrected chi connectivity index (χ4v) is 2.77. The van der Waals surface area contributed by atoms with Gasteiger partial charge in [0.05, 0.1) is 0 Å². The minimum absolute atomic E-state index is 0.432. The largest absolute Gasteiger partial charge is 0.319 e. The zero-order valence-electron chi connectivity index (χ0n) is 7.25. The molecule has 0 aliphatic carbocycles. The Morgan fingerprint density at radius 1 is 1.33 bits per heavy atom. The molecule has 0 radical (unpaired) electrons. The lowest BCUT2D eigenvalue weighted by Crippen LogP contribution is -2.08. The van der Waals surface area contributed by atoms with Gasteiger partial charge in [0.25, 0.3) is 0 Å². The summed E-state index contributed by atoms with van der Waals surface area (Å²) in [6.07, 6.45) is 0. The first-order valence-corrected chi connectivity index (χ1v) is 6.88. The van der Waals surface area contributed by atoms with E-state index in [4.69, 9.17) is 11.6 Å². The lowest BCUT2D eigenvalue weighted by atomic mass is 10.2. The lowest BCUT2D eigenvalue weighted by Gasteiger charge is -2.10. The minimum Gasteiger partial charge on any atom is -0.319 e. The second-order valence-electron chi connectivity index (χ2n) is 3.11. The van der Waals surface area contributed by atoms with Crippen LogP contribution in [0.2, 0.25) is 0 Å². The van der Waals surface area contributed by atoms with Crippen LogP contribution >= 0.6 is 18.7 Å². The van der Waals surface area contributed by atoms with Gasteiger partial charge in [-0.15, -0.1) is 11.6 Å². The summed E-state index contributed by atoms with van der Waals surface area (Å²) in [4.78, 5) is 0. The number of hydrogen-bond acceptors (Lipinski definition) is 1. The molecule has 66 valence electrons. The monoisotopic (exact) mass is 202 g/mol. The molecule has 0 fully saturated rings. The van der Waals surface area contributed by atoms with Crippen LogP contribution in [0.3, 0.4) is 0 Å². The standard InChI is InChI=1S/C9H12ClOP/c1-12(2,11)9-6-4-3-5-8(9)7-10/h3-6H,7H2,1-2H3. The molecule has 0 aliphatic rings. The molecule has 1 aromatic rings. The first kappa shape index (κ1) is 9.83. The molecule has 12 heavy (non-hydrogen) atoms. The van der Waals surface area contributed by atoms with Crippen LogP contribution < -0.4 is 5.30 Å². The van der Waals surface area contributed by atoms with E-state index < -0.39 is 7.14 Å². The second-order valence-corrected chi connectivity index (χ2v) is 6.56. The molecule has 0 spiro atoms. The third-order valence-corrected chi connectivity index (χ3v) is 3.60. The molecular formula is C9H12ClOP. The first-order chi connectivity index (χ1) is 5.55. The van der Waals surface area contributed by atoms with Crippen LogP contribution in [0.15, 0.2) is 24.3 Å². The average Bonchev–Trinajstić information content (AvgIpc) is 2.03.